The van der Waals surface area contributed by atoms with Gasteiger partial charge in [-0.2, -0.15) is 0 Å². The van der Waals surface area contributed by atoms with Crippen molar-refractivity contribution in [3.05, 3.63) is 129 Å². The number of rotatable bonds is 27. The van der Waals surface area contributed by atoms with Gasteiger partial charge in [-0.1, -0.05) is 137 Å². The van der Waals surface area contributed by atoms with E-state index in [0.29, 0.717) is 23.1 Å². The van der Waals surface area contributed by atoms with Crippen LogP contribution in [0.2, 0.25) is 0 Å². The Balaban J connectivity index is 1.50. The summed E-state index contributed by atoms with van der Waals surface area (Å²) < 4.78 is 27.3. The summed E-state index contributed by atoms with van der Waals surface area (Å²) in [6.07, 6.45) is 0.771. The van der Waals surface area contributed by atoms with Gasteiger partial charge in [-0.05, 0) is 82.9 Å². The van der Waals surface area contributed by atoms with Crippen LogP contribution in [-0.2, 0) is 59.1 Å². The lowest BCUT2D eigenvalue weighted by atomic mass is 9.90. The normalized spacial score (nSPS) is 20.0. The fraction of sp³-hybridized carbons (Fsp3) is 0.533. The number of likely N-dealkylation sites (tertiary alicyclic amines) is 1. The predicted octanol–water partition coefficient (Wildman–Crippen LogP) is 6.52. The number of allylic oxidation sites excluding steroid dienone is 1. The number of carbonyl (C=O) groups excluding carboxylic acids is 8. The summed E-state index contributed by atoms with van der Waals surface area (Å²) in [6, 6.07) is 14.9. The molecule has 1 heterocycles. The van der Waals surface area contributed by atoms with Gasteiger partial charge >= 0.3 is 24.1 Å². The number of hydrogen-bond donors (Lipinski definition) is 5. The highest BCUT2D eigenvalue weighted by molar-refractivity contribution is 5.97. The van der Waals surface area contributed by atoms with Crippen LogP contribution in [0, 0.1) is 34.8 Å². The smallest absolute Gasteiger partial charge is 0.411 e. The van der Waals surface area contributed by atoms with Crippen LogP contribution in [0.3, 0.4) is 0 Å². The number of carbonyl (C=O) groups is 8. The fourth-order valence-electron chi connectivity index (χ4n) is 9.64. The molecule has 6 amide bonds. The number of nitrogens with zero attached hydrogens (tertiary/aromatic N) is 2. The number of ether oxygens (including phenoxy) is 5. The Labute approximate surface area is 479 Å². The van der Waals surface area contributed by atoms with Gasteiger partial charge in [-0.25, -0.2) is 19.2 Å². The molecule has 0 unspecified atom stereocenters. The first-order chi connectivity index (χ1) is 38.8. The number of methoxy groups -OCH3 is 1. The lowest BCUT2D eigenvalue weighted by Gasteiger charge is -2.32. The van der Waals surface area contributed by atoms with Crippen molar-refractivity contribution in [2.45, 2.75) is 167 Å². The van der Waals surface area contributed by atoms with Gasteiger partial charge in [-0.3, -0.25) is 34.2 Å². The maximum Gasteiger partial charge on any atom is 0.411 e. The van der Waals surface area contributed by atoms with Crippen LogP contribution in [0.4, 0.5) is 9.59 Å². The minimum absolute atomic E-state index is 0.0913. The Morgan fingerprint density at radius 3 is 1.80 bits per heavy atom. The average molecular weight is 1140 g/mol. The van der Waals surface area contributed by atoms with E-state index in [1.807, 2.05) is 32.1 Å². The number of aryl methyl sites for hydroxylation is 1. The Morgan fingerprint density at radius 2 is 1.28 bits per heavy atom. The van der Waals surface area contributed by atoms with Crippen molar-refractivity contribution in [1.82, 2.24) is 31.5 Å². The summed E-state index contributed by atoms with van der Waals surface area (Å²) in [4.78, 5) is 127. The van der Waals surface area contributed by atoms with Gasteiger partial charge in [0.05, 0.1) is 0 Å². The molecule has 0 aromatic heterocycles. The van der Waals surface area contributed by atoms with Gasteiger partial charge in [0.2, 0.25) is 29.7 Å². The van der Waals surface area contributed by atoms with Crippen LogP contribution < -0.4 is 26.6 Å². The van der Waals surface area contributed by atoms with Crippen LogP contribution in [0.1, 0.15) is 122 Å². The molecule has 2 fully saturated rings. The van der Waals surface area contributed by atoms with Gasteiger partial charge in [0.15, 0.2) is 6.79 Å². The van der Waals surface area contributed by atoms with Crippen molar-refractivity contribution < 1.29 is 67.0 Å². The van der Waals surface area contributed by atoms with Gasteiger partial charge < -0.3 is 50.3 Å². The molecule has 13 atom stereocenters. The van der Waals surface area contributed by atoms with Crippen LogP contribution in [0.25, 0.3) is 0 Å². The molecule has 82 heavy (non-hydrogen) atoms. The van der Waals surface area contributed by atoms with Gasteiger partial charge in [0.25, 0.3) is 0 Å². The molecule has 3 aromatic rings. The second-order valence-corrected chi connectivity index (χ2v) is 22.3. The number of nitro groups is 1. The van der Waals surface area contributed by atoms with Crippen LogP contribution in [-0.4, -0.2) is 132 Å². The van der Waals surface area contributed by atoms with Crippen molar-refractivity contribution in [1.29, 1.82) is 0 Å². The van der Waals surface area contributed by atoms with E-state index in [4.69, 9.17) is 23.7 Å². The molecule has 22 heteroatoms. The first kappa shape index (κ1) is 64.9. The molecule has 0 spiro atoms. The molecule has 0 radical (unpaired) electrons. The fourth-order valence-corrected chi connectivity index (χ4v) is 9.64. The van der Waals surface area contributed by atoms with Crippen molar-refractivity contribution in [2.24, 2.45) is 17.8 Å². The maximum absolute atomic E-state index is 15.1. The zero-order valence-electron chi connectivity index (χ0n) is 48.7. The van der Waals surface area contributed by atoms with Crippen molar-refractivity contribution in [3.63, 3.8) is 0 Å². The molecule has 1 aliphatic carbocycles. The molecule has 446 valence electrons. The minimum Gasteiger partial charge on any atom is -0.458 e. The van der Waals surface area contributed by atoms with Crippen LogP contribution in [0.15, 0.2) is 97.1 Å². The summed E-state index contributed by atoms with van der Waals surface area (Å²) in [6.45, 7) is 16.6. The lowest BCUT2D eigenvalue weighted by molar-refractivity contribution is -0.498. The zero-order chi connectivity index (χ0) is 60.4. The second-order valence-electron chi connectivity index (χ2n) is 22.3. The standard InChI is InChI=1S/C60H81N7O15/c1-12-20-41-29-47(66(32-41)59(75)82-60(8,9)10)56(72)81-39(7)51(65-58(74)79-33-40-27-25-35(3)26-28-40)55(71)64-49(37(5)42-21-16-14-17-22-42)53(69)61-45(30-44-31-46(44)67(76)77)52(68)63-50(38(6)43-23-18-15-19-24-43)54(70)62-48(36(4)13-2)57(73)80-34-78-11/h12,14-28,36-39,41,44-51H,13,29-34H2,1-11H3,(H,61,69)(H,62,70)(H,63,68)(H,64,71)(H,65,74)/b20-12-/t36-,37+,38+,39+,41-,44+,45+,46+,47-,48-,49-,50-,51+/m0/s1. The van der Waals surface area contributed by atoms with E-state index < -0.39 is 130 Å². The monoisotopic (exact) mass is 1140 g/mol. The summed E-state index contributed by atoms with van der Waals surface area (Å²) in [5.41, 5.74) is 1.87. The van der Waals surface area contributed by atoms with Crippen LogP contribution in [0.5, 0.6) is 0 Å². The highest BCUT2D eigenvalue weighted by Gasteiger charge is 2.51. The van der Waals surface area contributed by atoms with E-state index >= 15 is 4.79 Å². The number of amides is 6. The third kappa shape index (κ3) is 18.8. The Kier molecular flexibility index (Phi) is 24.0. The van der Waals surface area contributed by atoms with E-state index in [-0.39, 0.29) is 45.1 Å². The van der Waals surface area contributed by atoms with E-state index in [1.165, 1.54) is 18.9 Å². The largest absolute Gasteiger partial charge is 0.458 e. The predicted molar refractivity (Wildman–Crippen MR) is 302 cm³/mol. The topological polar surface area (TPSA) is 289 Å². The number of nitrogens with one attached hydrogen (secondary N) is 5. The number of alkyl carbamates (subject to hydrolysis) is 1. The highest BCUT2D eigenvalue weighted by atomic mass is 16.7. The molecule has 5 rings (SSSR count). The number of benzene rings is 3. The lowest BCUT2D eigenvalue weighted by Crippen LogP contribution is -2.61. The van der Waals surface area contributed by atoms with Crippen molar-refractivity contribution >= 4 is 47.8 Å². The van der Waals surface area contributed by atoms with Gasteiger partial charge in [0.1, 0.15) is 54.6 Å². The first-order valence-electron chi connectivity index (χ1n) is 27.8. The maximum atomic E-state index is 15.1. The van der Waals surface area contributed by atoms with Crippen molar-refractivity contribution in [2.75, 3.05) is 20.4 Å². The SMILES string of the molecule is C/C=C\[C@H]1C[C@@H](C(=O)O[C@H](C)[C@@H](NC(=O)OCc2ccc(C)cc2)C(=O)N[C@H](C(=O)N[C@H](C[C@@H]2C[C@H]2[N+](=O)[O-])C(=O)N[C@H](C(=O)N[C@H](C(=O)OCOC)[C@@H](C)CC)[C@H](C)c2ccccc2)[C@H](C)c2ccccc2)N(C(=O)OC(C)(C)C)C1. The summed E-state index contributed by atoms with van der Waals surface area (Å²) >= 11 is 0. The molecule has 2 aliphatic rings. The van der Waals surface area contributed by atoms with Gasteiger partial charge in [0, 0.05) is 42.8 Å². The van der Waals surface area contributed by atoms with Gasteiger partial charge in [-0.15, -0.1) is 0 Å². The third-order valence-corrected chi connectivity index (χ3v) is 14.7. The molecule has 1 aliphatic heterocycles. The van der Waals surface area contributed by atoms with E-state index in [9.17, 15) is 43.7 Å². The molecule has 22 nitrogen and oxygen atoms in total. The first-order valence-corrected chi connectivity index (χ1v) is 27.8. The van der Waals surface area contributed by atoms with E-state index in [0.717, 1.165) is 5.56 Å². The average Bonchev–Trinajstić information content (AvgIpc) is 4.31. The summed E-state index contributed by atoms with van der Waals surface area (Å²) in [7, 11) is 1.34. The Hall–Kier alpha value is -7.88. The summed E-state index contributed by atoms with van der Waals surface area (Å²) in [5.74, 6) is -8.28. The summed E-state index contributed by atoms with van der Waals surface area (Å²) in [5, 5.41) is 25.6. The van der Waals surface area contributed by atoms with Crippen LogP contribution >= 0.6 is 0 Å². The molecular weight excluding hydrogens is 1060 g/mol. The van der Waals surface area contributed by atoms with E-state index in [1.54, 1.807) is 127 Å². The minimum atomic E-state index is -1.76. The quantitative estimate of drug-likeness (QED) is 0.0136. The molecule has 3 aromatic carbocycles. The Morgan fingerprint density at radius 1 is 0.732 bits per heavy atom. The zero-order valence-corrected chi connectivity index (χ0v) is 48.7. The second kappa shape index (κ2) is 30.3. The number of hydrogen-bond acceptors (Lipinski definition) is 15. The third-order valence-electron chi connectivity index (χ3n) is 14.7. The molecule has 1 saturated heterocycles. The molecule has 1 saturated carbocycles. The molecule has 5 N–H and O–H groups in total. The molecular formula is C60H81N7O15. The highest BCUT2D eigenvalue weighted by Crippen LogP contribution is 2.37. The molecule has 0 bridgehead atoms. The van der Waals surface area contributed by atoms with E-state index in [2.05, 4.69) is 26.6 Å². The van der Waals surface area contributed by atoms with Crippen molar-refractivity contribution in [3.8, 4) is 0 Å². The number of esters is 2. The Bertz CT molecular complexity index is 2700.